The number of nitrogens with one attached hydrogen (secondary N) is 3. The van der Waals surface area contributed by atoms with Gasteiger partial charge in [0.1, 0.15) is 5.02 Å². The zero-order valence-electron chi connectivity index (χ0n) is 9.71. The van der Waals surface area contributed by atoms with Crippen LogP contribution in [0.2, 0.25) is 5.02 Å². The maximum atomic E-state index is 11.3. The van der Waals surface area contributed by atoms with Crippen molar-refractivity contribution in [1.82, 2.24) is 15.3 Å². The van der Waals surface area contributed by atoms with Gasteiger partial charge in [-0.15, -0.1) is 0 Å². The van der Waals surface area contributed by atoms with E-state index >= 15 is 0 Å². The summed E-state index contributed by atoms with van der Waals surface area (Å²) in [6.45, 7) is 4.15. The summed E-state index contributed by atoms with van der Waals surface area (Å²) < 4.78 is 0. The van der Waals surface area contributed by atoms with Crippen molar-refractivity contribution in [2.75, 3.05) is 11.9 Å². The number of nitrogens with zero attached hydrogens (tertiary/aromatic N) is 1. The van der Waals surface area contributed by atoms with Crippen LogP contribution in [0.3, 0.4) is 0 Å². The summed E-state index contributed by atoms with van der Waals surface area (Å²) >= 11 is 5.72. The number of carbonyl (C=O) groups is 1. The summed E-state index contributed by atoms with van der Waals surface area (Å²) in [5.41, 5.74) is -0.407. The lowest BCUT2D eigenvalue weighted by Crippen LogP contribution is -2.31. The average molecular weight is 259 g/mol. The third-order valence-electron chi connectivity index (χ3n) is 1.89. The van der Waals surface area contributed by atoms with Gasteiger partial charge in [0.15, 0.2) is 5.82 Å². The second kappa shape index (κ2) is 6.24. The van der Waals surface area contributed by atoms with E-state index in [0.29, 0.717) is 13.0 Å². The Morgan fingerprint density at radius 2 is 2.29 bits per heavy atom. The lowest BCUT2D eigenvalue weighted by atomic mass is 10.3. The van der Waals surface area contributed by atoms with Crippen LogP contribution in [0.15, 0.2) is 11.1 Å². The molecule has 0 aliphatic rings. The van der Waals surface area contributed by atoms with Crippen molar-refractivity contribution in [1.29, 1.82) is 0 Å². The van der Waals surface area contributed by atoms with E-state index in [0.717, 1.165) is 0 Å². The molecule has 0 bridgehead atoms. The number of hydrogen-bond acceptors (Lipinski definition) is 4. The van der Waals surface area contributed by atoms with Gasteiger partial charge in [-0.25, -0.2) is 4.98 Å². The third-order valence-corrected chi connectivity index (χ3v) is 2.24. The lowest BCUT2D eigenvalue weighted by Gasteiger charge is -2.09. The number of amides is 1. The van der Waals surface area contributed by atoms with Gasteiger partial charge in [-0.1, -0.05) is 11.6 Å². The van der Waals surface area contributed by atoms with Crippen LogP contribution in [0.4, 0.5) is 5.82 Å². The monoisotopic (exact) mass is 258 g/mol. The summed E-state index contributed by atoms with van der Waals surface area (Å²) in [5.74, 6) is 0.223. The Morgan fingerprint density at radius 1 is 1.59 bits per heavy atom. The zero-order chi connectivity index (χ0) is 12.8. The maximum Gasteiger partial charge on any atom is 0.271 e. The van der Waals surface area contributed by atoms with Crippen LogP contribution in [-0.2, 0) is 4.79 Å². The molecular weight excluding hydrogens is 244 g/mol. The Bertz CT molecular complexity index is 444. The van der Waals surface area contributed by atoms with Gasteiger partial charge < -0.3 is 15.6 Å². The molecule has 0 fully saturated rings. The summed E-state index contributed by atoms with van der Waals surface area (Å²) in [6, 6.07) is 0.115. The Kier molecular flexibility index (Phi) is 4.96. The quantitative estimate of drug-likeness (QED) is 0.727. The topological polar surface area (TPSA) is 86.9 Å². The fourth-order valence-corrected chi connectivity index (χ4v) is 1.37. The first kappa shape index (κ1) is 13.5. The van der Waals surface area contributed by atoms with E-state index < -0.39 is 5.56 Å². The molecule has 0 spiro atoms. The highest BCUT2D eigenvalue weighted by molar-refractivity contribution is 6.32. The van der Waals surface area contributed by atoms with Crippen molar-refractivity contribution in [3.05, 3.63) is 21.7 Å². The minimum absolute atomic E-state index is 0.00299. The molecule has 1 rings (SSSR count). The van der Waals surface area contributed by atoms with Gasteiger partial charge in [0.05, 0.1) is 6.33 Å². The van der Waals surface area contributed by atoms with E-state index in [2.05, 4.69) is 20.6 Å². The molecule has 0 aromatic carbocycles. The summed E-state index contributed by atoms with van der Waals surface area (Å²) in [5, 5.41) is 5.59. The third kappa shape index (κ3) is 4.44. The molecule has 1 aromatic heterocycles. The number of hydrogen-bond donors (Lipinski definition) is 3. The van der Waals surface area contributed by atoms with Crippen molar-refractivity contribution in [2.45, 2.75) is 26.3 Å². The number of carbonyl (C=O) groups excluding carboxylic acids is 1. The highest BCUT2D eigenvalue weighted by Crippen LogP contribution is 2.11. The van der Waals surface area contributed by atoms with Crippen LogP contribution in [0.5, 0.6) is 0 Å². The molecule has 94 valence electrons. The lowest BCUT2D eigenvalue weighted by molar-refractivity contribution is -0.121. The Balaban J connectivity index is 2.44. The Labute approximate surface area is 104 Å². The fraction of sp³-hybridized carbons (Fsp3) is 0.500. The molecule has 0 saturated carbocycles. The minimum Gasteiger partial charge on any atom is -0.368 e. The molecule has 0 aliphatic carbocycles. The van der Waals surface area contributed by atoms with Crippen molar-refractivity contribution in [3.63, 3.8) is 0 Å². The first-order chi connectivity index (χ1) is 8.00. The fourth-order valence-electron chi connectivity index (χ4n) is 1.19. The Hall–Kier alpha value is -1.56. The predicted octanol–water partition coefficient (Wildman–Crippen LogP) is 0.750. The van der Waals surface area contributed by atoms with Gasteiger partial charge in [0.2, 0.25) is 5.91 Å². The molecule has 3 N–H and O–H groups in total. The first-order valence-electron chi connectivity index (χ1n) is 5.27. The molecule has 1 amide bonds. The largest absolute Gasteiger partial charge is 0.368 e. The molecule has 0 radical (unpaired) electrons. The van der Waals surface area contributed by atoms with Gasteiger partial charge in [-0.05, 0) is 13.8 Å². The first-order valence-corrected chi connectivity index (χ1v) is 5.65. The molecule has 0 unspecified atom stereocenters. The second-order valence-electron chi connectivity index (χ2n) is 3.79. The Morgan fingerprint density at radius 3 is 2.94 bits per heavy atom. The van der Waals surface area contributed by atoms with Gasteiger partial charge in [0.25, 0.3) is 5.56 Å². The molecule has 1 heterocycles. The van der Waals surface area contributed by atoms with Crippen LogP contribution >= 0.6 is 11.6 Å². The molecule has 7 heteroatoms. The second-order valence-corrected chi connectivity index (χ2v) is 4.17. The number of H-pyrrole nitrogens is 1. The summed E-state index contributed by atoms with van der Waals surface area (Å²) in [6.07, 6.45) is 1.55. The number of halogens is 1. The minimum atomic E-state index is -0.407. The summed E-state index contributed by atoms with van der Waals surface area (Å²) in [7, 11) is 0. The van der Waals surface area contributed by atoms with E-state index in [1.54, 1.807) is 0 Å². The zero-order valence-corrected chi connectivity index (χ0v) is 10.5. The maximum absolute atomic E-state index is 11.3. The highest BCUT2D eigenvalue weighted by atomic mass is 35.5. The van der Waals surface area contributed by atoms with E-state index in [1.807, 2.05) is 13.8 Å². The van der Waals surface area contributed by atoms with E-state index in [4.69, 9.17) is 11.6 Å². The van der Waals surface area contributed by atoms with Gasteiger partial charge in [-0.2, -0.15) is 0 Å². The van der Waals surface area contributed by atoms with Crippen LogP contribution in [-0.4, -0.2) is 28.5 Å². The van der Waals surface area contributed by atoms with Crippen LogP contribution in [0.25, 0.3) is 0 Å². The van der Waals surface area contributed by atoms with E-state index in [1.165, 1.54) is 6.33 Å². The highest BCUT2D eigenvalue weighted by Gasteiger charge is 2.06. The van der Waals surface area contributed by atoms with Crippen molar-refractivity contribution >= 4 is 23.3 Å². The number of aromatic nitrogens is 2. The van der Waals surface area contributed by atoms with Crippen LogP contribution in [0, 0.1) is 0 Å². The van der Waals surface area contributed by atoms with Gasteiger partial charge in [-0.3, -0.25) is 9.59 Å². The van der Waals surface area contributed by atoms with E-state index in [9.17, 15) is 9.59 Å². The van der Waals surface area contributed by atoms with Crippen LogP contribution < -0.4 is 16.2 Å². The van der Waals surface area contributed by atoms with Gasteiger partial charge >= 0.3 is 0 Å². The average Bonchev–Trinajstić information content (AvgIpc) is 2.23. The number of aromatic amines is 1. The van der Waals surface area contributed by atoms with Crippen molar-refractivity contribution in [3.8, 4) is 0 Å². The number of anilines is 1. The molecule has 0 aliphatic heterocycles. The molecule has 6 nitrogen and oxygen atoms in total. The number of rotatable bonds is 5. The van der Waals surface area contributed by atoms with Crippen molar-refractivity contribution < 1.29 is 4.79 Å². The normalized spacial score (nSPS) is 10.4. The van der Waals surface area contributed by atoms with Crippen molar-refractivity contribution in [2.24, 2.45) is 0 Å². The smallest absolute Gasteiger partial charge is 0.271 e. The van der Waals surface area contributed by atoms with E-state index in [-0.39, 0.29) is 22.8 Å². The molecule has 0 atom stereocenters. The molecule has 17 heavy (non-hydrogen) atoms. The summed E-state index contributed by atoms with van der Waals surface area (Å²) in [4.78, 5) is 28.7. The van der Waals surface area contributed by atoms with Crippen LogP contribution in [0.1, 0.15) is 20.3 Å². The van der Waals surface area contributed by atoms with Gasteiger partial charge in [0, 0.05) is 19.0 Å². The molecule has 0 saturated heterocycles. The molecular formula is C10H15ClN4O2. The predicted molar refractivity (Wildman–Crippen MR) is 66.3 cm³/mol. The SMILES string of the molecule is CC(C)NC(=O)CCNc1nc[nH]c(=O)c1Cl. The standard InChI is InChI=1S/C10H15ClN4O2/c1-6(2)15-7(16)3-4-12-9-8(11)10(17)14-5-13-9/h5-6H,3-4H2,1-2H3,(H,15,16)(H2,12,13,14,17). The molecule has 1 aromatic rings.